The highest BCUT2D eigenvalue weighted by atomic mass is 16.5. The van der Waals surface area contributed by atoms with Gasteiger partial charge in [0, 0.05) is 0 Å². The van der Waals surface area contributed by atoms with Crippen LogP contribution in [0, 0.1) is 0 Å². The number of unbranched alkanes of at least 4 members (excludes halogenated alkanes) is 2. The van der Waals surface area contributed by atoms with Crippen molar-refractivity contribution in [2.45, 2.75) is 44.9 Å². The zero-order chi connectivity index (χ0) is 19.2. The number of rotatable bonds is 7. The number of likely N-dealkylation sites (tertiary alicyclic amines) is 1. The Bertz CT molecular complexity index is 970. The maximum absolute atomic E-state index is 12.7. The van der Waals surface area contributed by atoms with E-state index >= 15 is 0 Å². The maximum atomic E-state index is 12.7. The first kappa shape index (κ1) is 19.0. The van der Waals surface area contributed by atoms with Gasteiger partial charge in [0.2, 0.25) is 5.43 Å². The third-order valence-corrected chi connectivity index (χ3v) is 5.63. The Kier molecular flexibility index (Phi) is 6.27. The first-order valence-corrected chi connectivity index (χ1v) is 10.6. The number of benzene rings is 2. The second-order valence-corrected chi connectivity index (χ2v) is 7.75. The predicted molar refractivity (Wildman–Crippen MR) is 114 cm³/mol. The lowest BCUT2D eigenvalue weighted by Gasteiger charge is -2.19. The molecule has 2 heterocycles. The van der Waals surface area contributed by atoms with Gasteiger partial charge in [0.25, 0.3) is 0 Å². The summed E-state index contributed by atoms with van der Waals surface area (Å²) >= 11 is 0. The molecule has 0 bridgehead atoms. The average molecular weight is 380 g/mol. The predicted octanol–water partition coefficient (Wildman–Crippen LogP) is 5.37. The fraction of sp³-hybridized carbons (Fsp3) is 0.458. The first-order chi connectivity index (χ1) is 13.8. The van der Waals surface area contributed by atoms with E-state index < -0.39 is 0 Å². The molecule has 2 aromatic carbocycles. The molecule has 1 aliphatic rings. The van der Waals surface area contributed by atoms with Crippen LogP contribution in [0.5, 0.6) is 5.75 Å². The van der Waals surface area contributed by atoms with E-state index in [1.54, 1.807) is 6.07 Å². The average Bonchev–Trinajstić information content (AvgIpc) is 3.00. The zero-order valence-corrected chi connectivity index (χ0v) is 16.5. The van der Waals surface area contributed by atoms with Crippen LogP contribution in [-0.2, 0) is 0 Å². The fourth-order valence-corrected chi connectivity index (χ4v) is 4.04. The van der Waals surface area contributed by atoms with E-state index in [2.05, 4.69) is 4.90 Å². The van der Waals surface area contributed by atoms with Crippen LogP contribution in [0.25, 0.3) is 21.9 Å². The zero-order valence-electron chi connectivity index (χ0n) is 16.5. The molecule has 4 rings (SSSR count). The topological polar surface area (TPSA) is 42.7 Å². The molecule has 4 heteroatoms. The Morgan fingerprint density at radius 1 is 0.857 bits per heavy atom. The highest BCUT2D eigenvalue weighted by Crippen LogP contribution is 2.22. The van der Waals surface area contributed by atoms with Crippen LogP contribution in [0.4, 0.5) is 0 Å². The Morgan fingerprint density at radius 2 is 1.64 bits per heavy atom. The second-order valence-electron chi connectivity index (χ2n) is 7.75. The standard InChI is InChI=1S/C24H29NO3/c26-24-20-10-4-5-11-22(20)28-23-13-12-19(18-21(23)24)27-17-9-3-8-16-25-14-6-1-2-7-15-25/h4-5,10-13,18H,1-3,6-9,14-17H2. The van der Waals surface area contributed by atoms with Gasteiger partial charge in [0.1, 0.15) is 16.9 Å². The van der Waals surface area contributed by atoms with Crippen molar-refractivity contribution in [3.05, 3.63) is 52.7 Å². The van der Waals surface area contributed by atoms with Gasteiger partial charge in [-0.15, -0.1) is 0 Å². The van der Waals surface area contributed by atoms with Gasteiger partial charge in [0.05, 0.1) is 17.4 Å². The molecule has 0 atom stereocenters. The molecule has 0 spiro atoms. The number of para-hydroxylation sites is 1. The van der Waals surface area contributed by atoms with Crippen molar-refractivity contribution in [2.75, 3.05) is 26.2 Å². The molecule has 1 aromatic heterocycles. The third kappa shape index (κ3) is 4.56. The van der Waals surface area contributed by atoms with Crippen LogP contribution in [0.1, 0.15) is 44.9 Å². The van der Waals surface area contributed by atoms with E-state index in [-0.39, 0.29) is 5.43 Å². The lowest BCUT2D eigenvalue weighted by Crippen LogP contribution is -2.25. The van der Waals surface area contributed by atoms with Crippen molar-refractivity contribution >= 4 is 21.9 Å². The Morgan fingerprint density at radius 3 is 2.50 bits per heavy atom. The summed E-state index contributed by atoms with van der Waals surface area (Å²) in [6.07, 6.45) is 8.95. The van der Waals surface area contributed by atoms with Crippen molar-refractivity contribution in [3.63, 3.8) is 0 Å². The Balaban J connectivity index is 1.29. The van der Waals surface area contributed by atoms with Gasteiger partial charge in [-0.25, -0.2) is 0 Å². The van der Waals surface area contributed by atoms with E-state index in [0.29, 0.717) is 28.5 Å². The lowest BCUT2D eigenvalue weighted by atomic mass is 10.1. The van der Waals surface area contributed by atoms with E-state index in [1.165, 1.54) is 58.2 Å². The normalized spacial score (nSPS) is 15.7. The van der Waals surface area contributed by atoms with Gasteiger partial charge < -0.3 is 14.1 Å². The minimum Gasteiger partial charge on any atom is -0.494 e. The van der Waals surface area contributed by atoms with Gasteiger partial charge in [-0.05, 0) is 82.1 Å². The third-order valence-electron chi connectivity index (χ3n) is 5.63. The van der Waals surface area contributed by atoms with Crippen molar-refractivity contribution in [1.82, 2.24) is 4.90 Å². The minimum atomic E-state index is -0.000232. The van der Waals surface area contributed by atoms with E-state index in [9.17, 15) is 4.79 Å². The van der Waals surface area contributed by atoms with Gasteiger partial charge in [-0.1, -0.05) is 25.0 Å². The molecule has 0 unspecified atom stereocenters. The molecule has 1 fully saturated rings. The quantitative estimate of drug-likeness (QED) is 0.409. The molecule has 4 nitrogen and oxygen atoms in total. The van der Waals surface area contributed by atoms with Crippen LogP contribution < -0.4 is 10.2 Å². The summed E-state index contributed by atoms with van der Waals surface area (Å²) < 4.78 is 11.7. The summed E-state index contributed by atoms with van der Waals surface area (Å²) in [6.45, 7) is 4.43. The molecule has 0 N–H and O–H groups in total. The molecule has 0 saturated carbocycles. The number of hydrogen-bond donors (Lipinski definition) is 0. The fourth-order valence-electron chi connectivity index (χ4n) is 4.04. The Hall–Kier alpha value is -2.33. The summed E-state index contributed by atoms with van der Waals surface area (Å²) in [6, 6.07) is 12.9. The van der Waals surface area contributed by atoms with Crippen LogP contribution in [0.15, 0.2) is 51.7 Å². The molecule has 0 radical (unpaired) electrons. The highest BCUT2D eigenvalue weighted by molar-refractivity contribution is 5.90. The highest BCUT2D eigenvalue weighted by Gasteiger charge is 2.09. The SMILES string of the molecule is O=c1c2ccccc2oc2ccc(OCCCCCN3CCCCCC3)cc12. The summed E-state index contributed by atoms with van der Waals surface area (Å²) in [4.78, 5) is 15.3. The summed E-state index contributed by atoms with van der Waals surface area (Å²) in [5.41, 5.74) is 1.23. The van der Waals surface area contributed by atoms with Crippen LogP contribution in [0.2, 0.25) is 0 Å². The molecule has 1 aliphatic heterocycles. The van der Waals surface area contributed by atoms with E-state index in [0.717, 1.165) is 12.2 Å². The largest absolute Gasteiger partial charge is 0.494 e. The van der Waals surface area contributed by atoms with Gasteiger partial charge >= 0.3 is 0 Å². The monoisotopic (exact) mass is 379 g/mol. The lowest BCUT2D eigenvalue weighted by molar-refractivity contribution is 0.266. The minimum absolute atomic E-state index is 0.000232. The van der Waals surface area contributed by atoms with Crippen LogP contribution >= 0.6 is 0 Å². The van der Waals surface area contributed by atoms with Gasteiger partial charge in [-0.3, -0.25) is 4.79 Å². The van der Waals surface area contributed by atoms with Crippen molar-refractivity contribution in [1.29, 1.82) is 0 Å². The maximum Gasteiger partial charge on any atom is 0.200 e. The second kappa shape index (κ2) is 9.24. The van der Waals surface area contributed by atoms with Crippen LogP contribution in [-0.4, -0.2) is 31.1 Å². The van der Waals surface area contributed by atoms with E-state index in [1.807, 2.05) is 36.4 Å². The summed E-state index contributed by atoms with van der Waals surface area (Å²) in [5.74, 6) is 0.739. The van der Waals surface area contributed by atoms with Gasteiger partial charge in [-0.2, -0.15) is 0 Å². The Labute approximate surface area is 166 Å². The summed E-state index contributed by atoms with van der Waals surface area (Å²) in [5, 5.41) is 1.19. The molecule has 28 heavy (non-hydrogen) atoms. The smallest absolute Gasteiger partial charge is 0.200 e. The van der Waals surface area contributed by atoms with E-state index in [4.69, 9.17) is 9.15 Å². The van der Waals surface area contributed by atoms with Crippen molar-refractivity contribution in [3.8, 4) is 5.75 Å². The number of ether oxygens (including phenoxy) is 1. The molecular weight excluding hydrogens is 350 g/mol. The van der Waals surface area contributed by atoms with Crippen molar-refractivity contribution < 1.29 is 9.15 Å². The molecular formula is C24H29NO3. The number of nitrogens with zero attached hydrogens (tertiary/aromatic N) is 1. The molecule has 0 amide bonds. The first-order valence-electron chi connectivity index (χ1n) is 10.6. The van der Waals surface area contributed by atoms with Gasteiger partial charge in [0.15, 0.2) is 0 Å². The summed E-state index contributed by atoms with van der Waals surface area (Å²) in [7, 11) is 0. The number of fused-ring (bicyclic) bond motifs is 2. The molecule has 1 saturated heterocycles. The van der Waals surface area contributed by atoms with Crippen LogP contribution in [0.3, 0.4) is 0 Å². The van der Waals surface area contributed by atoms with Crippen molar-refractivity contribution in [2.24, 2.45) is 0 Å². The molecule has 0 aliphatic carbocycles. The number of hydrogen-bond acceptors (Lipinski definition) is 4. The molecule has 3 aromatic rings. The molecule has 148 valence electrons.